The first-order valence-corrected chi connectivity index (χ1v) is 9.78. The number of nitrogens with two attached hydrogens (primary N) is 1. The first-order valence-electron chi connectivity index (χ1n) is 8.55. The lowest BCUT2D eigenvalue weighted by Crippen LogP contribution is -2.23. The number of Topliss-reactive ketones (excluding diaryl/α,β-unsaturated/α-hetero) is 1. The van der Waals surface area contributed by atoms with Crippen molar-refractivity contribution in [2.75, 3.05) is 6.26 Å². The quantitative estimate of drug-likeness (QED) is 0.593. The zero-order valence-electron chi connectivity index (χ0n) is 15.8. The Balaban J connectivity index is 2.87. The number of rotatable bonds is 7. The summed E-state index contributed by atoms with van der Waals surface area (Å²) < 4.78 is 7.64. The van der Waals surface area contributed by atoms with Crippen molar-refractivity contribution in [3.05, 3.63) is 29.1 Å². The monoisotopic (exact) mass is 361 g/mol. The van der Waals surface area contributed by atoms with Gasteiger partial charge in [0.1, 0.15) is 17.4 Å². The van der Waals surface area contributed by atoms with Crippen LogP contribution in [0.4, 0.5) is 0 Å². The normalized spacial score (nSPS) is 13.3. The van der Waals surface area contributed by atoms with E-state index in [-0.39, 0.29) is 5.78 Å². The van der Waals surface area contributed by atoms with Crippen LogP contribution in [0, 0.1) is 0 Å². The summed E-state index contributed by atoms with van der Waals surface area (Å²) in [5.74, 6) is 0.408. The van der Waals surface area contributed by atoms with Gasteiger partial charge in [-0.2, -0.15) is 0 Å². The third-order valence-electron chi connectivity index (χ3n) is 4.07. The number of carbonyl (C=O) groups excluding carboxylic acids is 1. The van der Waals surface area contributed by atoms with Gasteiger partial charge >= 0.3 is 0 Å². The molecule has 0 aromatic carbocycles. The second-order valence-corrected chi connectivity index (χ2v) is 6.86. The molecule has 0 aliphatic rings. The average molecular weight is 362 g/mol. The molecule has 0 bridgehead atoms. The minimum Gasteiger partial charge on any atom is -0.471 e. The maximum absolute atomic E-state index is 12.2. The van der Waals surface area contributed by atoms with Gasteiger partial charge in [-0.25, -0.2) is 4.98 Å². The zero-order chi connectivity index (χ0) is 18.7. The highest BCUT2D eigenvalue weighted by Crippen LogP contribution is 2.36. The van der Waals surface area contributed by atoms with E-state index in [2.05, 4.69) is 32.2 Å². The molecule has 1 unspecified atom stereocenters. The molecule has 0 radical (unpaired) electrons. The van der Waals surface area contributed by atoms with Crippen LogP contribution in [0.2, 0.25) is 0 Å². The highest BCUT2D eigenvalue weighted by atomic mass is 32.2. The number of allylic oxidation sites excluding steroid dienone is 1. The van der Waals surface area contributed by atoms with Gasteiger partial charge in [-0.05, 0) is 37.7 Å². The van der Waals surface area contributed by atoms with Crippen LogP contribution in [0.25, 0.3) is 15.9 Å². The molecule has 0 fully saturated rings. The second kappa shape index (κ2) is 8.06. The van der Waals surface area contributed by atoms with Gasteiger partial charge in [0.2, 0.25) is 0 Å². The van der Waals surface area contributed by atoms with Crippen LogP contribution in [0.1, 0.15) is 55.9 Å². The van der Waals surface area contributed by atoms with Crippen molar-refractivity contribution in [3.63, 3.8) is 0 Å². The molecule has 0 saturated carbocycles. The number of carbonyl (C=O) groups is 1. The molecule has 0 aliphatic carbocycles. The predicted octanol–water partition coefficient (Wildman–Crippen LogP) is 4.14. The Morgan fingerprint density at radius 1 is 1.48 bits per heavy atom. The third-order valence-corrected chi connectivity index (χ3v) is 4.87. The van der Waals surface area contributed by atoms with E-state index in [4.69, 9.17) is 15.5 Å². The SMILES string of the molecule is CC/C=C(\SC)c1nc2c(OC(C)N)c(C(C)=O)n(C)c2cc1CC. The Morgan fingerprint density at radius 2 is 2.16 bits per heavy atom. The Labute approximate surface area is 153 Å². The van der Waals surface area contributed by atoms with Crippen molar-refractivity contribution in [2.24, 2.45) is 12.8 Å². The van der Waals surface area contributed by atoms with Gasteiger partial charge < -0.3 is 9.30 Å². The lowest BCUT2D eigenvalue weighted by molar-refractivity contribution is 0.0999. The number of hydrogen-bond acceptors (Lipinski definition) is 5. The average Bonchev–Trinajstić information content (AvgIpc) is 2.82. The van der Waals surface area contributed by atoms with Crippen molar-refractivity contribution in [1.29, 1.82) is 0 Å². The molecule has 0 amide bonds. The molecule has 1 atom stereocenters. The van der Waals surface area contributed by atoms with Crippen LogP contribution in [0.3, 0.4) is 0 Å². The molecule has 5 nitrogen and oxygen atoms in total. The van der Waals surface area contributed by atoms with Gasteiger partial charge in [-0.3, -0.25) is 10.5 Å². The minimum atomic E-state index is -0.522. The molecule has 2 aromatic heterocycles. The second-order valence-electron chi connectivity index (χ2n) is 6.01. The zero-order valence-corrected chi connectivity index (χ0v) is 16.7. The van der Waals surface area contributed by atoms with Gasteiger partial charge in [0, 0.05) is 18.9 Å². The maximum atomic E-state index is 12.2. The maximum Gasteiger partial charge on any atom is 0.180 e. The van der Waals surface area contributed by atoms with E-state index in [1.165, 1.54) is 6.92 Å². The van der Waals surface area contributed by atoms with Crippen molar-refractivity contribution in [3.8, 4) is 5.75 Å². The lowest BCUT2D eigenvalue weighted by atomic mass is 10.1. The molecular formula is C19H27N3O2S. The Morgan fingerprint density at radius 3 is 2.64 bits per heavy atom. The molecule has 0 spiro atoms. The van der Waals surface area contributed by atoms with Crippen LogP contribution >= 0.6 is 11.8 Å². The number of ketones is 1. The summed E-state index contributed by atoms with van der Waals surface area (Å²) in [7, 11) is 1.87. The van der Waals surface area contributed by atoms with Crippen LogP contribution in [0.15, 0.2) is 12.1 Å². The van der Waals surface area contributed by atoms with E-state index in [1.807, 2.05) is 11.6 Å². The van der Waals surface area contributed by atoms with E-state index in [0.717, 1.165) is 34.5 Å². The smallest absolute Gasteiger partial charge is 0.180 e. The highest BCUT2D eigenvalue weighted by molar-refractivity contribution is 8.07. The number of ether oxygens (including phenoxy) is 1. The molecule has 25 heavy (non-hydrogen) atoms. The molecule has 0 saturated heterocycles. The third kappa shape index (κ3) is 3.75. The lowest BCUT2D eigenvalue weighted by Gasteiger charge is -2.12. The van der Waals surface area contributed by atoms with Crippen molar-refractivity contribution >= 4 is 33.5 Å². The van der Waals surface area contributed by atoms with E-state index >= 15 is 0 Å². The molecule has 2 rings (SSSR count). The van der Waals surface area contributed by atoms with Crippen molar-refractivity contribution in [2.45, 2.75) is 46.8 Å². The fourth-order valence-electron chi connectivity index (χ4n) is 2.99. The largest absolute Gasteiger partial charge is 0.471 e. The Bertz CT molecular complexity index is 822. The molecule has 136 valence electrons. The number of hydrogen-bond donors (Lipinski definition) is 1. The first kappa shape index (κ1) is 19.5. The minimum absolute atomic E-state index is 0.0649. The summed E-state index contributed by atoms with van der Waals surface area (Å²) in [5.41, 5.74) is 10.0. The Kier molecular flexibility index (Phi) is 6.30. The summed E-state index contributed by atoms with van der Waals surface area (Å²) in [6, 6.07) is 2.11. The molecule has 0 aliphatic heterocycles. The molecule has 2 N–H and O–H groups in total. The summed E-state index contributed by atoms with van der Waals surface area (Å²) in [5, 5.41) is 0. The van der Waals surface area contributed by atoms with Crippen LogP contribution in [0.5, 0.6) is 5.75 Å². The topological polar surface area (TPSA) is 70.1 Å². The number of aryl methyl sites for hydroxylation is 2. The van der Waals surface area contributed by atoms with Crippen LogP contribution < -0.4 is 10.5 Å². The van der Waals surface area contributed by atoms with Gasteiger partial charge in [-0.1, -0.05) is 19.9 Å². The molecule has 2 aromatic rings. The van der Waals surface area contributed by atoms with Gasteiger partial charge in [-0.15, -0.1) is 11.8 Å². The van der Waals surface area contributed by atoms with E-state index in [1.54, 1.807) is 18.7 Å². The number of pyridine rings is 1. The van der Waals surface area contributed by atoms with E-state index < -0.39 is 6.23 Å². The summed E-state index contributed by atoms with van der Waals surface area (Å²) in [6.45, 7) is 7.51. The number of fused-ring (bicyclic) bond motifs is 1. The first-order chi connectivity index (χ1) is 11.8. The predicted molar refractivity (Wildman–Crippen MR) is 106 cm³/mol. The van der Waals surface area contributed by atoms with Crippen LogP contribution in [-0.4, -0.2) is 27.8 Å². The van der Waals surface area contributed by atoms with Gasteiger partial charge in [0.25, 0.3) is 0 Å². The van der Waals surface area contributed by atoms with Crippen LogP contribution in [-0.2, 0) is 13.5 Å². The molecule has 6 heteroatoms. The highest BCUT2D eigenvalue weighted by Gasteiger charge is 2.24. The van der Waals surface area contributed by atoms with E-state index in [0.29, 0.717) is 17.0 Å². The van der Waals surface area contributed by atoms with Gasteiger partial charge in [0.05, 0.1) is 11.2 Å². The summed E-state index contributed by atoms with van der Waals surface area (Å²) in [6.07, 6.45) is 5.52. The standard InChI is InChI=1S/C19H27N3O2S/c1-7-9-15(25-6)16-13(8-2)10-14-17(21-16)19(24-12(4)20)18(11(3)23)22(14)5/h9-10,12H,7-8,20H2,1-6H3/b15-9-. The van der Waals surface area contributed by atoms with Gasteiger partial charge in [0.15, 0.2) is 11.5 Å². The number of thioether (sulfide) groups is 1. The van der Waals surface area contributed by atoms with Crippen molar-refractivity contribution < 1.29 is 9.53 Å². The molecule has 2 heterocycles. The Hall–Kier alpha value is -1.79. The fraction of sp³-hybridized carbons (Fsp3) is 0.474. The van der Waals surface area contributed by atoms with Crippen molar-refractivity contribution in [1.82, 2.24) is 9.55 Å². The summed E-state index contributed by atoms with van der Waals surface area (Å²) >= 11 is 1.68. The number of nitrogens with zero attached hydrogens (tertiary/aromatic N) is 2. The number of aromatic nitrogens is 2. The molecular weight excluding hydrogens is 334 g/mol. The summed E-state index contributed by atoms with van der Waals surface area (Å²) in [4.78, 5) is 18.2. The van der Waals surface area contributed by atoms with E-state index in [9.17, 15) is 4.79 Å². The fourth-order valence-corrected chi connectivity index (χ4v) is 3.69.